The van der Waals surface area contributed by atoms with Crippen LogP contribution >= 0.6 is 27.7 Å². The third kappa shape index (κ3) is 4.99. The Morgan fingerprint density at radius 1 is 1.23 bits per heavy atom. The highest BCUT2D eigenvalue weighted by atomic mass is 79.9. The Hall–Kier alpha value is -2.05. The molecule has 2 aromatic carbocycles. The van der Waals surface area contributed by atoms with Crippen molar-refractivity contribution < 1.29 is 9.53 Å². The number of carbonyl (C=O) groups is 1. The fraction of sp³-hybridized carbons (Fsp3) is 0.200. The molecule has 2 aromatic rings. The highest BCUT2D eigenvalue weighted by Gasteiger charge is 2.23. The number of benzene rings is 2. The number of amides is 1. The van der Waals surface area contributed by atoms with Crippen LogP contribution in [-0.4, -0.2) is 17.7 Å². The molecule has 0 saturated carbocycles. The van der Waals surface area contributed by atoms with Gasteiger partial charge in [-0.1, -0.05) is 38.1 Å². The number of hydrogen-bond donors (Lipinski definition) is 1. The number of carbonyl (C=O) groups excluding carboxylic acids is 1. The number of hydrogen-bond acceptors (Lipinski definition) is 4. The topological polar surface area (TPSA) is 50.7 Å². The summed E-state index contributed by atoms with van der Waals surface area (Å²) < 4.78 is 6.63. The molecule has 1 heterocycles. The summed E-state index contributed by atoms with van der Waals surface area (Å²) in [5, 5.41) is 3.39. The maximum Gasteiger partial charge on any atom is 0.264 e. The van der Waals surface area contributed by atoms with Gasteiger partial charge in [-0.15, -0.1) is 0 Å². The van der Waals surface area contributed by atoms with Crippen LogP contribution in [0.25, 0.3) is 6.08 Å². The minimum atomic E-state index is -0.138. The van der Waals surface area contributed by atoms with Gasteiger partial charge >= 0.3 is 0 Å². The van der Waals surface area contributed by atoms with Crippen molar-refractivity contribution in [1.29, 1.82) is 0 Å². The first-order chi connectivity index (χ1) is 12.5. The number of ether oxygens (including phenoxy) is 1. The Bertz CT molecular complexity index is 863. The van der Waals surface area contributed by atoms with E-state index in [0.29, 0.717) is 22.6 Å². The number of rotatable bonds is 5. The quantitative estimate of drug-likeness (QED) is 0.648. The van der Waals surface area contributed by atoms with Gasteiger partial charge in [0.25, 0.3) is 5.91 Å². The van der Waals surface area contributed by atoms with E-state index in [4.69, 9.17) is 4.74 Å². The number of nitrogens with one attached hydrogen (secondary N) is 1. The number of nitrogens with zero attached hydrogens (tertiary/aromatic N) is 1. The second-order valence-electron chi connectivity index (χ2n) is 6.21. The Labute approximate surface area is 165 Å². The van der Waals surface area contributed by atoms with Crippen molar-refractivity contribution in [1.82, 2.24) is 5.32 Å². The monoisotopic (exact) mass is 430 g/mol. The molecule has 3 rings (SSSR count). The van der Waals surface area contributed by atoms with Crippen LogP contribution in [0.1, 0.15) is 19.4 Å². The van der Waals surface area contributed by atoms with Crippen LogP contribution in [-0.2, 0) is 4.79 Å². The molecule has 0 unspecified atom stereocenters. The van der Waals surface area contributed by atoms with Crippen LogP contribution < -0.4 is 10.1 Å². The van der Waals surface area contributed by atoms with Crippen LogP contribution in [0.3, 0.4) is 0 Å². The lowest BCUT2D eigenvalue weighted by atomic mass is 10.2. The van der Waals surface area contributed by atoms with E-state index >= 15 is 0 Å². The lowest BCUT2D eigenvalue weighted by Crippen LogP contribution is -2.19. The molecular weight excluding hydrogens is 412 g/mol. The summed E-state index contributed by atoms with van der Waals surface area (Å²) in [6.45, 7) is 4.88. The Morgan fingerprint density at radius 2 is 2.00 bits per heavy atom. The number of thioether (sulfide) groups is 1. The van der Waals surface area contributed by atoms with Gasteiger partial charge in [0.1, 0.15) is 5.75 Å². The molecule has 1 fully saturated rings. The van der Waals surface area contributed by atoms with Crippen molar-refractivity contribution >= 4 is 50.5 Å². The molecule has 26 heavy (non-hydrogen) atoms. The van der Waals surface area contributed by atoms with E-state index in [9.17, 15) is 4.79 Å². The van der Waals surface area contributed by atoms with Crippen LogP contribution in [0.15, 0.2) is 62.9 Å². The number of amidine groups is 1. The standard InChI is InChI=1S/C20H19BrN2O2S/c1-13(2)12-25-17-9-8-14(10-16(17)21)11-18-19(24)23-20(26-18)22-15-6-4-3-5-7-15/h3-11,13H,12H2,1-2H3,(H,22,23,24)/b18-11-. The molecular formula is C20H19BrN2O2S. The molecule has 6 heteroatoms. The first kappa shape index (κ1) is 18.7. The van der Waals surface area contributed by atoms with Gasteiger partial charge in [0.15, 0.2) is 5.17 Å². The van der Waals surface area contributed by atoms with Crippen molar-refractivity contribution in [3.8, 4) is 5.75 Å². The predicted molar refractivity (Wildman–Crippen MR) is 112 cm³/mol. The van der Waals surface area contributed by atoms with Gasteiger partial charge in [-0.05, 0) is 69.5 Å². The van der Waals surface area contributed by atoms with E-state index in [0.717, 1.165) is 21.5 Å². The summed E-state index contributed by atoms with van der Waals surface area (Å²) in [5.41, 5.74) is 1.73. The third-order valence-corrected chi connectivity index (χ3v) is 4.99. The van der Waals surface area contributed by atoms with Crippen molar-refractivity contribution in [3.05, 3.63) is 63.5 Å². The van der Waals surface area contributed by atoms with Gasteiger partial charge < -0.3 is 10.1 Å². The molecule has 0 spiro atoms. The zero-order chi connectivity index (χ0) is 18.5. The van der Waals surface area contributed by atoms with Gasteiger partial charge in [-0.25, -0.2) is 4.99 Å². The predicted octanol–water partition coefficient (Wildman–Crippen LogP) is 5.38. The molecule has 0 atom stereocenters. The molecule has 1 aliphatic heterocycles. The van der Waals surface area contributed by atoms with Crippen molar-refractivity contribution in [3.63, 3.8) is 0 Å². The van der Waals surface area contributed by atoms with Gasteiger partial charge in [-0.2, -0.15) is 0 Å². The summed E-state index contributed by atoms with van der Waals surface area (Å²) in [5.74, 6) is 1.13. The normalized spacial score (nSPS) is 17.2. The molecule has 0 aliphatic carbocycles. The molecule has 0 bridgehead atoms. The van der Waals surface area contributed by atoms with Gasteiger partial charge in [0.05, 0.1) is 21.7 Å². The number of para-hydroxylation sites is 1. The van der Waals surface area contributed by atoms with Crippen molar-refractivity contribution in [2.45, 2.75) is 13.8 Å². The largest absolute Gasteiger partial charge is 0.492 e. The SMILES string of the molecule is CC(C)COc1ccc(/C=C2\SC(=Nc3ccccc3)NC2=O)cc1Br. The molecule has 1 N–H and O–H groups in total. The van der Waals surface area contributed by atoms with E-state index in [1.165, 1.54) is 11.8 Å². The zero-order valence-electron chi connectivity index (χ0n) is 14.5. The van der Waals surface area contributed by atoms with Crippen molar-refractivity contribution in [2.75, 3.05) is 6.61 Å². The van der Waals surface area contributed by atoms with Crippen LogP contribution in [0.4, 0.5) is 5.69 Å². The van der Waals surface area contributed by atoms with Crippen LogP contribution in [0, 0.1) is 5.92 Å². The van der Waals surface area contributed by atoms with Crippen LogP contribution in [0.2, 0.25) is 0 Å². The fourth-order valence-corrected chi connectivity index (χ4v) is 3.58. The molecule has 0 radical (unpaired) electrons. The number of halogens is 1. The fourth-order valence-electron chi connectivity index (χ4n) is 2.23. The second kappa shape index (κ2) is 8.56. The minimum absolute atomic E-state index is 0.138. The molecule has 1 saturated heterocycles. The van der Waals surface area contributed by atoms with Gasteiger partial charge in [0.2, 0.25) is 0 Å². The van der Waals surface area contributed by atoms with E-state index in [1.807, 2.05) is 54.6 Å². The minimum Gasteiger partial charge on any atom is -0.492 e. The Morgan fingerprint density at radius 3 is 2.69 bits per heavy atom. The molecule has 1 amide bonds. The second-order valence-corrected chi connectivity index (χ2v) is 8.10. The summed E-state index contributed by atoms with van der Waals surface area (Å²) in [7, 11) is 0. The summed E-state index contributed by atoms with van der Waals surface area (Å²) in [6.07, 6.45) is 1.85. The lowest BCUT2D eigenvalue weighted by Gasteiger charge is -2.10. The van der Waals surface area contributed by atoms with Crippen molar-refractivity contribution in [2.24, 2.45) is 10.9 Å². The highest BCUT2D eigenvalue weighted by Crippen LogP contribution is 2.31. The highest BCUT2D eigenvalue weighted by molar-refractivity contribution is 9.10. The molecule has 134 valence electrons. The zero-order valence-corrected chi connectivity index (χ0v) is 16.9. The maximum absolute atomic E-state index is 12.2. The van der Waals surface area contributed by atoms with Crippen LogP contribution in [0.5, 0.6) is 5.75 Å². The van der Waals surface area contributed by atoms with E-state index < -0.39 is 0 Å². The molecule has 1 aliphatic rings. The Kier molecular flexibility index (Phi) is 6.16. The van der Waals surface area contributed by atoms with Gasteiger partial charge in [-0.3, -0.25) is 4.79 Å². The van der Waals surface area contributed by atoms with Gasteiger partial charge in [0, 0.05) is 0 Å². The summed E-state index contributed by atoms with van der Waals surface area (Å²) >= 11 is 4.87. The number of aliphatic imine (C=N–C) groups is 1. The van der Waals surface area contributed by atoms with E-state index in [1.54, 1.807) is 0 Å². The third-order valence-electron chi connectivity index (χ3n) is 3.46. The maximum atomic E-state index is 12.2. The van der Waals surface area contributed by atoms with E-state index in [-0.39, 0.29) is 5.91 Å². The summed E-state index contributed by atoms with van der Waals surface area (Å²) in [6, 6.07) is 15.4. The first-order valence-electron chi connectivity index (χ1n) is 8.28. The Balaban J connectivity index is 1.74. The average molecular weight is 431 g/mol. The average Bonchev–Trinajstić information content (AvgIpc) is 2.94. The lowest BCUT2D eigenvalue weighted by molar-refractivity contribution is -0.115. The smallest absolute Gasteiger partial charge is 0.264 e. The van der Waals surface area contributed by atoms with E-state index in [2.05, 4.69) is 40.1 Å². The molecule has 0 aromatic heterocycles. The molecule has 4 nitrogen and oxygen atoms in total. The summed E-state index contributed by atoms with van der Waals surface area (Å²) in [4.78, 5) is 17.3. The first-order valence-corrected chi connectivity index (χ1v) is 9.89.